The summed E-state index contributed by atoms with van der Waals surface area (Å²) in [6, 6.07) is 1.68. The summed E-state index contributed by atoms with van der Waals surface area (Å²) >= 11 is 13.7. The van der Waals surface area contributed by atoms with Gasteiger partial charge < -0.3 is 4.74 Å². The van der Waals surface area contributed by atoms with E-state index >= 15 is 0 Å². The fourth-order valence-corrected chi connectivity index (χ4v) is 3.67. The van der Waals surface area contributed by atoms with Gasteiger partial charge in [-0.15, -0.1) is 11.8 Å². The van der Waals surface area contributed by atoms with Crippen molar-refractivity contribution in [3.63, 3.8) is 0 Å². The molecule has 0 saturated carbocycles. The highest BCUT2D eigenvalue weighted by molar-refractivity contribution is 8.01. The Kier molecular flexibility index (Phi) is 3.62. The molecule has 5 heteroatoms. The predicted molar refractivity (Wildman–Crippen MR) is 71.8 cm³/mol. The van der Waals surface area contributed by atoms with Gasteiger partial charge in [0, 0.05) is 10.5 Å². The smallest absolute Gasteiger partial charge is 0.177 e. The molecule has 0 N–H and O–H groups in total. The molecule has 0 saturated heterocycles. The number of Topliss-reactive ketones (excluding diaryl/α,β-unsaturated/α-hetero) is 1. The maximum absolute atomic E-state index is 12.2. The maximum atomic E-state index is 12.2. The highest BCUT2D eigenvalue weighted by Gasteiger charge is 2.36. The minimum Gasteiger partial charge on any atom is -0.495 e. The number of ketones is 1. The minimum absolute atomic E-state index is 0.0781. The number of carbonyl (C=O) groups is 1. The van der Waals surface area contributed by atoms with Crippen LogP contribution in [0.1, 0.15) is 24.2 Å². The van der Waals surface area contributed by atoms with Gasteiger partial charge in [-0.3, -0.25) is 4.79 Å². The van der Waals surface area contributed by atoms with Crippen molar-refractivity contribution in [3.05, 3.63) is 21.7 Å². The van der Waals surface area contributed by atoms with E-state index in [9.17, 15) is 4.79 Å². The molecule has 1 atom stereocenters. The summed E-state index contributed by atoms with van der Waals surface area (Å²) in [5.41, 5.74) is 0.625. The molecular formula is C12H12Cl2O2S. The molecule has 0 aliphatic carbocycles. The first kappa shape index (κ1) is 13.1. The number of hydrogen-bond acceptors (Lipinski definition) is 3. The summed E-state index contributed by atoms with van der Waals surface area (Å²) in [7, 11) is 1.51. The van der Waals surface area contributed by atoms with Gasteiger partial charge in [0.2, 0.25) is 0 Å². The van der Waals surface area contributed by atoms with Crippen LogP contribution in [0.4, 0.5) is 0 Å². The Morgan fingerprint density at radius 1 is 1.35 bits per heavy atom. The lowest BCUT2D eigenvalue weighted by Crippen LogP contribution is -2.17. The molecule has 2 rings (SSSR count). The van der Waals surface area contributed by atoms with Crippen LogP contribution in [0.3, 0.4) is 0 Å². The van der Waals surface area contributed by atoms with Crippen LogP contribution in [0.5, 0.6) is 5.75 Å². The number of hydrogen-bond donors (Lipinski definition) is 0. The summed E-state index contributed by atoms with van der Waals surface area (Å²) in [4.78, 5) is 13.0. The second-order valence-corrected chi connectivity index (χ2v) is 6.14. The molecule has 0 fully saturated rings. The molecule has 0 spiro atoms. The Bertz CT molecular complexity index is 486. The van der Waals surface area contributed by atoms with Crippen molar-refractivity contribution < 1.29 is 9.53 Å². The van der Waals surface area contributed by atoms with Crippen molar-refractivity contribution >= 4 is 40.7 Å². The van der Waals surface area contributed by atoms with Gasteiger partial charge in [0.05, 0.1) is 17.4 Å². The van der Waals surface area contributed by atoms with E-state index in [-0.39, 0.29) is 17.0 Å². The monoisotopic (exact) mass is 290 g/mol. The highest BCUT2D eigenvalue weighted by Crippen LogP contribution is 2.49. The third-order valence-electron chi connectivity index (χ3n) is 2.72. The molecule has 1 heterocycles. The number of rotatable bonds is 2. The molecule has 0 amide bonds. The van der Waals surface area contributed by atoms with Gasteiger partial charge in [0.1, 0.15) is 10.8 Å². The molecule has 92 valence electrons. The number of methoxy groups -OCH3 is 1. The van der Waals surface area contributed by atoms with E-state index in [1.807, 2.05) is 13.8 Å². The van der Waals surface area contributed by atoms with Crippen LogP contribution in [0.2, 0.25) is 10.0 Å². The van der Waals surface area contributed by atoms with Crippen molar-refractivity contribution in [1.29, 1.82) is 0 Å². The van der Waals surface area contributed by atoms with Crippen molar-refractivity contribution in [3.8, 4) is 5.75 Å². The van der Waals surface area contributed by atoms with Gasteiger partial charge in [-0.05, 0) is 12.0 Å². The Labute approximate surface area is 115 Å². The van der Waals surface area contributed by atoms with Crippen molar-refractivity contribution in [2.75, 3.05) is 7.11 Å². The first-order valence-electron chi connectivity index (χ1n) is 5.24. The second kappa shape index (κ2) is 4.71. The van der Waals surface area contributed by atoms with Crippen LogP contribution in [-0.4, -0.2) is 18.1 Å². The highest BCUT2D eigenvalue weighted by atomic mass is 35.5. The number of ether oxygens (including phenoxy) is 1. The molecule has 2 nitrogen and oxygen atoms in total. The Hall–Kier alpha value is -0.380. The average Bonchev–Trinajstić information content (AvgIpc) is 2.61. The minimum atomic E-state index is -0.0781. The van der Waals surface area contributed by atoms with Crippen molar-refractivity contribution in [2.45, 2.75) is 24.0 Å². The van der Waals surface area contributed by atoms with Gasteiger partial charge in [-0.25, -0.2) is 0 Å². The lowest BCUT2D eigenvalue weighted by atomic mass is 10.0. The van der Waals surface area contributed by atoms with Gasteiger partial charge >= 0.3 is 0 Å². The van der Waals surface area contributed by atoms with Crippen LogP contribution in [0.15, 0.2) is 11.0 Å². The van der Waals surface area contributed by atoms with Crippen LogP contribution < -0.4 is 4.74 Å². The van der Waals surface area contributed by atoms with E-state index < -0.39 is 0 Å². The standard InChI is InChI=1S/C12H12Cl2O2S/c1-5(2)11-10(15)6-4-7(16-3)8(13)9(14)12(6)17-11/h4-5,11H,1-3H3. The maximum Gasteiger partial charge on any atom is 0.177 e. The van der Waals surface area contributed by atoms with Crippen LogP contribution >= 0.6 is 35.0 Å². The summed E-state index contributed by atoms with van der Waals surface area (Å²) in [6.07, 6.45) is 0. The normalized spacial score (nSPS) is 18.7. The van der Waals surface area contributed by atoms with Crippen molar-refractivity contribution in [1.82, 2.24) is 0 Å². The molecule has 1 aromatic rings. The molecule has 0 aromatic heterocycles. The van der Waals surface area contributed by atoms with Gasteiger partial charge in [0.15, 0.2) is 5.78 Å². The quantitative estimate of drug-likeness (QED) is 0.812. The Morgan fingerprint density at radius 3 is 2.53 bits per heavy atom. The molecule has 1 aliphatic heterocycles. The van der Waals surface area contributed by atoms with Crippen LogP contribution in [0.25, 0.3) is 0 Å². The van der Waals surface area contributed by atoms with Gasteiger partial charge in [-0.2, -0.15) is 0 Å². The van der Waals surface area contributed by atoms with E-state index in [0.29, 0.717) is 21.4 Å². The Morgan fingerprint density at radius 2 is 2.00 bits per heavy atom. The van der Waals surface area contributed by atoms with Crippen LogP contribution in [0, 0.1) is 5.92 Å². The molecule has 17 heavy (non-hydrogen) atoms. The summed E-state index contributed by atoms with van der Waals surface area (Å²) in [6.45, 7) is 4.04. The molecule has 1 aromatic carbocycles. The zero-order valence-electron chi connectivity index (χ0n) is 9.71. The summed E-state index contributed by atoms with van der Waals surface area (Å²) in [5, 5.41) is 0.714. The van der Waals surface area contributed by atoms with Crippen molar-refractivity contribution in [2.24, 2.45) is 5.92 Å². The molecular weight excluding hydrogens is 279 g/mol. The van der Waals surface area contributed by atoms with Gasteiger partial charge in [-0.1, -0.05) is 37.0 Å². The summed E-state index contributed by atoms with van der Waals surface area (Å²) in [5.74, 6) is 0.825. The second-order valence-electron chi connectivity index (χ2n) is 4.23. The average molecular weight is 291 g/mol. The topological polar surface area (TPSA) is 26.3 Å². The van der Waals surface area contributed by atoms with E-state index in [1.54, 1.807) is 6.07 Å². The third-order valence-corrected chi connectivity index (χ3v) is 5.36. The number of halogens is 2. The number of fused-ring (bicyclic) bond motifs is 1. The van der Waals surface area contributed by atoms with E-state index in [1.165, 1.54) is 18.9 Å². The van der Waals surface area contributed by atoms with E-state index in [4.69, 9.17) is 27.9 Å². The zero-order valence-corrected chi connectivity index (χ0v) is 12.0. The lowest BCUT2D eigenvalue weighted by molar-refractivity contribution is 0.0978. The lowest BCUT2D eigenvalue weighted by Gasteiger charge is -2.10. The first-order valence-corrected chi connectivity index (χ1v) is 6.87. The molecule has 1 unspecified atom stereocenters. The largest absolute Gasteiger partial charge is 0.495 e. The molecule has 1 aliphatic rings. The Balaban J connectivity index is 2.56. The summed E-state index contributed by atoms with van der Waals surface area (Å²) < 4.78 is 5.12. The zero-order chi connectivity index (χ0) is 12.7. The number of thioether (sulfide) groups is 1. The fourth-order valence-electron chi connectivity index (χ4n) is 1.81. The van der Waals surface area contributed by atoms with Gasteiger partial charge in [0.25, 0.3) is 0 Å². The molecule has 0 radical (unpaired) electrons. The fraction of sp³-hybridized carbons (Fsp3) is 0.417. The van der Waals surface area contributed by atoms with Crippen LogP contribution in [-0.2, 0) is 0 Å². The number of carbonyl (C=O) groups excluding carboxylic acids is 1. The van der Waals surface area contributed by atoms with E-state index in [2.05, 4.69) is 0 Å². The third kappa shape index (κ3) is 2.05. The molecule has 0 bridgehead atoms. The predicted octanol–water partition coefficient (Wildman–Crippen LogP) is 4.32. The SMILES string of the molecule is COc1cc2c(c(Cl)c1Cl)SC(C(C)C)C2=O. The van der Waals surface area contributed by atoms with E-state index in [0.717, 1.165) is 4.90 Å². The first-order chi connectivity index (χ1) is 7.97. The number of benzene rings is 1.